The SMILES string of the molecule is Nc1ccc(-c2nc(-c3ccc([N+](=O)[O-])cc3)cc(N3CC4CCC(C3)O4)n2)cc1. The topological polar surface area (TPSA) is 107 Å². The molecule has 0 aliphatic carbocycles. The first-order valence-corrected chi connectivity index (χ1v) is 9.95. The molecule has 2 atom stereocenters. The molecule has 3 aromatic rings. The van der Waals surface area contributed by atoms with Crippen molar-refractivity contribution in [2.45, 2.75) is 25.0 Å². The second kappa shape index (κ2) is 7.38. The maximum Gasteiger partial charge on any atom is 0.269 e. The third-order valence-electron chi connectivity index (χ3n) is 5.62. The van der Waals surface area contributed by atoms with Gasteiger partial charge in [0.15, 0.2) is 5.82 Å². The van der Waals surface area contributed by atoms with Gasteiger partial charge in [-0.2, -0.15) is 0 Å². The highest BCUT2D eigenvalue weighted by atomic mass is 16.6. The molecule has 8 nitrogen and oxygen atoms in total. The van der Waals surface area contributed by atoms with Crippen LogP contribution in [-0.4, -0.2) is 40.2 Å². The molecule has 152 valence electrons. The van der Waals surface area contributed by atoms with Crippen molar-refractivity contribution in [1.82, 2.24) is 9.97 Å². The largest absolute Gasteiger partial charge is 0.399 e. The van der Waals surface area contributed by atoms with Gasteiger partial charge in [-0.05, 0) is 49.2 Å². The first-order chi connectivity index (χ1) is 14.5. The van der Waals surface area contributed by atoms with Crippen LogP contribution in [0.25, 0.3) is 22.6 Å². The molecular weight excluding hydrogens is 382 g/mol. The van der Waals surface area contributed by atoms with Crippen LogP contribution in [0.15, 0.2) is 54.6 Å². The lowest BCUT2D eigenvalue weighted by molar-refractivity contribution is -0.384. The number of anilines is 2. The Kier molecular flexibility index (Phi) is 4.55. The number of morpholine rings is 1. The molecule has 2 unspecified atom stereocenters. The lowest BCUT2D eigenvalue weighted by Crippen LogP contribution is -2.43. The van der Waals surface area contributed by atoms with E-state index in [0.29, 0.717) is 11.5 Å². The van der Waals surface area contributed by atoms with Gasteiger partial charge < -0.3 is 15.4 Å². The summed E-state index contributed by atoms with van der Waals surface area (Å²) in [6, 6.07) is 15.8. The molecule has 8 heteroatoms. The van der Waals surface area contributed by atoms with E-state index in [1.165, 1.54) is 12.1 Å². The van der Waals surface area contributed by atoms with Crippen molar-refractivity contribution in [1.29, 1.82) is 0 Å². The molecule has 3 heterocycles. The van der Waals surface area contributed by atoms with E-state index in [2.05, 4.69) is 4.90 Å². The molecule has 0 saturated carbocycles. The summed E-state index contributed by atoms with van der Waals surface area (Å²) >= 11 is 0. The molecule has 0 radical (unpaired) electrons. The van der Waals surface area contributed by atoms with E-state index in [4.69, 9.17) is 20.4 Å². The van der Waals surface area contributed by atoms with Crippen LogP contribution < -0.4 is 10.6 Å². The molecule has 2 saturated heterocycles. The van der Waals surface area contributed by atoms with Crippen LogP contribution in [0.3, 0.4) is 0 Å². The maximum atomic E-state index is 11.0. The molecule has 0 amide bonds. The lowest BCUT2D eigenvalue weighted by Gasteiger charge is -2.33. The summed E-state index contributed by atoms with van der Waals surface area (Å²) < 4.78 is 5.96. The van der Waals surface area contributed by atoms with E-state index < -0.39 is 4.92 Å². The minimum Gasteiger partial charge on any atom is -0.399 e. The van der Waals surface area contributed by atoms with Crippen molar-refractivity contribution in [3.8, 4) is 22.6 Å². The molecule has 2 fully saturated rings. The average Bonchev–Trinajstić information content (AvgIpc) is 3.11. The van der Waals surface area contributed by atoms with Gasteiger partial charge in [0.1, 0.15) is 5.82 Å². The van der Waals surface area contributed by atoms with Crippen molar-refractivity contribution < 1.29 is 9.66 Å². The van der Waals surface area contributed by atoms with E-state index in [1.807, 2.05) is 30.3 Å². The molecule has 2 bridgehead atoms. The lowest BCUT2D eigenvalue weighted by atomic mass is 10.1. The number of nitrogens with two attached hydrogens (primary N) is 1. The normalized spacial score (nSPS) is 20.3. The second-order valence-electron chi connectivity index (χ2n) is 7.72. The van der Waals surface area contributed by atoms with Gasteiger partial charge in [-0.25, -0.2) is 9.97 Å². The molecule has 1 aromatic heterocycles. The highest BCUT2D eigenvalue weighted by Crippen LogP contribution is 2.32. The fraction of sp³-hybridized carbons (Fsp3) is 0.273. The van der Waals surface area contributed by atoms with Gasteiger partial charge in [0.05, 0.1) is 22.8 Å². The van der Waals surface area contributed by atoms with Crippen molar-refractivity contribution in [3.63, 3.8) is 0 Å². The summed E-state index contributed by atoms with van der Waals surface area (Å²) in [5.41, 5.74) is 8.95. The molecule has 2 N–H and O–H groups in total. The third-order valence-corrected chi connectivity index (χ3v) is 5.62. The number of non-ortho nitro benzene ring substituents is 1. The number of aromatic nitrogens is 2. The number of nitro groups is 1. The predicted molar refractivity (Wildman–Crippen MR) is 114 cm³/mol. The van der Waals surface area contributed by atoms with Crippen LogP contribution >= 0.6 is 0 Å². The second-order valence-corrected chi connectivity index (χ2v) is 7.72. The van der Waals surface area contributed by atoms with Gasteiger partial charge in [0, 0.05) is 48.1 Å². The Labute approximate surface area is 173 Å². The summed E-state index contributed by atoms with van der Waals surface area (Å²) in [6.07, 6.45) is 2.63. The van der Waals surface area contributed by atoms with Gasteiger partial charge in [-0.1, -0.05) is 0 Å². The highest BCUT2D eigenvalue weighted by Gasteiger charge is 2.34. The number of hydrogen-bond acceptors (Lipinski definition) is 7. The van der Waals surface area contributed by atoms with Crippen LogP contribution in [0, 0.1) is 10.1 Å². The van der Waals surface area contributed by atoms with Crippen LogP contribution in [0.4, 0.5) is 17.2 Å². The number of rotatable bonds is 4. The van der Waals surface area contributed by atoms with Gasteiger partial charge in [-0.3, -0.25) is 10.1 Å². The molecule has 2 aliphatic heterocycles. The Hall–Kier alpha value is -3.52. The van der Waals surface area contributed by atoms with E-state index in [9.17, 15) is 10.1 Å². The first-order valence-electron chi connectivity index (χ1n) is 9.95. The van der Waals surface area contributed by atoms with Crippen LogP contribution in [0.2, 0.25) is 0 Å². The predicted octanol–water partition coefficient (Wildman–Crippen LogP) is 3.67. The molecular formula is C22H21N5O3. The van der Waals surface area contributed by atoms with E-state index in [-0.39, 0.29) is 17.9 Å². The number of hydrogen-bond donors (Lipinski definition) is 1. The summed E-state index contributed by atoms with van der Waals surface area (Å²) in [4.78, 5) is 22.4. The summed E-state index contributed by atoms with van der Waals surface area (Å²) in [7, 11) is 0. The fourth-order valence-corrected chi connectivity index (χ4v) is 4.06. The van der Waals surface area contributed by atoms with Gasteiger partial charge in [0.25, 0.3) is 5.69 Å². The highest BCUT2D eigenvalue weighted by molar-refractivity contribution is 5.69. The third kappa shape index (κ3) is 3.57. The number of nitrogen functional groups attached to an aromatic ring is 1. The Morgan fingerprint density at radius 1 is 0.967 bits per heavy atom. The quantitative estimate of drug-likeness (QED) is 0.402. The van der Waals surface area contributed by atoms with Crippen molar-refractivity contribution in [2.75, 3.05) is 23.7 Å². The van der Waals surface area contributed by atoms with Crippen molar-refractivity contribution in [2.24, 2.45) is 0 Å². The zero-order valence-corrected chi connectivity index (χ0v) is 16.3. The summed E-state index contributed by atoms with van der Waals surface area (Å²) in [6.45, 7) is 1.60. The van der Waals surface area contributed by atoms with Gasteiger partial charge >= 0.3 is 0 Å². The number of ether oxygens (including phenoxy) is 1. The van der Waals surface area contributed by atoms with E-state index in [0.717, 1.165) is 48.6 Å². The number of nitrogens with zero attached hydrogens (tertiary/aromatic N) is 4. The fourth-order valence-electron chi connectivity index (χ4n) is 4.06. The Balaban J connectivity index is 1.57. The number of fused-ring (bicyclic) bond motifs is 2. The summed E-state index contributed by atoms with van der Waals surface area (Å²) in [5, 5.41) is 11.0. The Morgan fingerprint density at radius 3 is 2.23 bits per heavy atom. The number of benzene rings is 2. The van der Waals surface area contributed by atoms with E-state index >= 15 is 0 Å². The monoisotopic (exact) mass is 403 g/mol. The minimum absolute atomic E-state index is 0.0524. The van der Waals surface area contributed by atoms with Crippen LogP contribution in [-0.2, 0) is 4.74 Å². The molecule has 0 spiro atoms. The Bertz CT molecular complexity index is 1070. The maximum absolute atomic E-state index is 11.0. The first kappa shape index (κ1) is 18.5. The number of nitro benzene ring substituents is 1. The summed E-state index contributed by atoms with van der Waals surface area (Å²) in [5.74, 6) is 1.44. The van der Waals surface area contributed by atoms with Gasteiger partial charge in [-0.15, -0.1) is 0 Å². The Morgan fingerprint density at radius 2 is 1.60 bits per heavy atom. The molecule has 30 heavy (non-hydrogen) atoms. The smallest absolute Gasteiger partial charge is 0.269 e. The van der Waals surface area contributed by atoms with Crippen LogP contribution in [0.5, 0.6) is 0 Å². The van der Waals surface area contributed by atoms with Crippen molar-refractivity contribution >= 4 is 17.2 Å². The zero-order valence-electron chi connectivity index (χ0n) is 16.3. The molecule has 2 aliphatic rings. The minimum atomic E-state index is -0.404. The average molecular weight is 403 g/mol. The zero-order chi connectivity index (χ0) is 20.7. The van der Waals surface area contributed by atoms with Gasteiger partial charge in [0.2, 0.25) is 0 Å². The molecule has 5 rings (SSSR count). The molecule has 2 aromatic carbocycles. The van der Waals surface area contributed by atoms with Crippen molar-refractivity contribution in [3.05, 3.63) is 64.7 Å². The van der Waals surface area contributed by atoms with E-state index in [1.54, 1.807) is 12.1 Å². The standard InChI is InChI=1S/C22H21N5O3/c23-16-5-1-15(2-6-16)22-24-20(14-3-7-17(8-4-14)27(28)29)11-21(25-22)26-12-18-9-10-19(13-26)30-18/h1-8,11,18-19H,9-10,12-13,23H2. The van der Waals surface area contributed by atoms with Crippen LogP contribution in [0.1, 0.15) is 12.8 Å².